The first kappa shape index (κ1) is 17.8. The van der Waals surface area contributed by atoms with Crippen LogP contribution in [0.5, 0.6) is 0 Å². The summed E-state index contributed by atoms with van der Waals surface area (Å²) in [6.07, 6.45) is 3.32. The van der Waals surface area contributed by atoms with Crippen molar-refractivity contribution in [2.24, 2.45) is 0 Å². The fourth-order valence-electron chi connectivity index (χ4n) is 1.71. The molecule has 0 fully saturated rings. The second-order valence-electron chi connectivity index (χ2n) is 5.78. The predicted molar refractivity (Wildman–Crippen MR) is 85.4 cm³/mol. The molecule has 1 aromatic carbocycles. The zero-order chi connectivity index (χ0) is 16.6. The van der Waals surface area contributed by atoms with Crippen molar-refractivity contribution in [1.29, 1.82) is 0 Å². The van der Waals surface area contributed by atoms with Gasteiger partial charge in [-0.05, 0) is 44.4 Å². The summed E-state index contributed by atoms with van der Waals surface area (Å²) >= 11 is 0. The minimum absolute atomic E-state index is 0.392. The van der Waals surface area contributed by atoms with Crippen LogP contribution in [0.1, 0.15) is 31.9 Å². The average molecular weight is 305 g/mol. The van der Waals surface area contributed by atoms with E-state index in [1.165, 1.54) is 13.2 Å². The van der Waals surface area contributed by atoms with E-state index in [4.69, 9.17) is 4.74 Å². The van der Waals surface area contributed by atoms with Gasteiger partial charge >= 0.3 is 12.1 Å². The molecule has 0 radical (unpaired) electrons. The van der Waals surface area contributed by atoms with Crippen LogP contribution in [0.3, 0.4) is 0 Å². The fourth-order valence-corrected chi connectivity index (χ4v) is 1.71. The average Bonchev–Trinajstić information content (AvgIpc) is 2.43. The van der Waals surface area contributed by atoms with Gasteiger partial charge in [-0.1, -0.05) is 24.3 Å². The Balaban J connectivity index is 2.48. The number of ether oxygens (including phenoxy) is 2. The van der Waals surface area contributed by atoms with Gasteiger partial charge in [0.15, 0.2) is 0 Å². The maximum atomic E-state index is 11.5. The van der Waals surface area contributed by atoms with Gasteiger partial charge < -0.3 is 14.8 Å². The number of hydrogen-bond acceptors (Lipinski definition) is 4. The number of nitrogens with one attached hydrogen (secondary N) is 1. The van der Waals surface area contributed by atoms with Gasteiger partial charge in [-0.2, -0.15) is 0 Å². The highest BCUT2D eigenvalue weighted by molar-refractivity contribution is 5.86. The molecule has 0 spiro atoms. The van der Waals surface area contributed by atoms with E-state index in [-0.39, 0.29) is 0 Å². The molecule has 22 heavy (non-hydrogen) atoms. The van der Waals surface area contributed by atoms with Gasteiger partial charge in [0.25, 0.3) is 0 Å². The first-order chi connectivity index (χ1) is 10.3. The van der Waals surface area contributed by atoms with Crippen molar-refractivity contribution in [3.63, 3.8) is 0 Å². The summed E-state index contributed by atoms with van der Waals surface area (Å²) in [4.78, 5) is 22.6. The molecule has 0 saturated carbocycles. The van der Waals surface area contributed by atoms with E-state index in [1.54, 1.807) is 6.08 Å². The molecule has 0 heterocycles. The van der Waals surface area contributed by atoms with E-state index in [9.17, 15) is 9.59 Å². The zero-order valence-electron chi connectivity index (χ0n) is 13.5. The smallest absolute Gasteiger partial charge is 0.407 e. The van der Waals surface area contributed by atoms with E-state index >= 15 is 0 Å². The van der Waals surface area contributed by atoms with E-state index in [2.05, 4.69) is 10.1 Å². The topological polar surface area (TPSA) is 64.6 Å². The molecule has 0 aromatic heterocycles. The molecule has 1 N–H and O–H groups in total. The number of carbonyl (C=O) groups excluding carboxylic acids is 2. The monoisotopic (exact) mass is 305 g/mol. The highest BCUT2D eigenvalue weighted by Gasteiger charge is 2.15. The van der Waals surface area contributed by atoms with Crippen LogP contribution in [0.25, 0.3) is 6.08 Å². The Hall–Kier alpha value is -2.30. The number of carbonyl (C=O) groups is 2. The number of rotatable bonds is 5. The minimum atomic E-state index is -0.497. The van der Waals surface area contributed by atoms with Crippen LogP contribution in [0.4, 0.5) is 4.79 Å². The Morgan fingerprint density at radius 1 is 1.27 bits per heavy atom. The summed E-state index contributed by atoms with van der Waals surface area (Å²) in [5.41, 5.74) is 1.46. The van der Waals surface area contributed by atoms with Crippen molar-refractivity contribution in [1.82, 2.24) is 5.32 Å². The number of hydrogen-bond donors (Lipinski definition) is 1. The van der Waals surface area contributed by atoms with Crippen LogP contribution in [0.15, 0.2) is 30.3 Å². The van der Waals surface area contributed by atoms with Crippen molar-refractivity contribution >= 4 is 18.1 Å². The molecule has 0 aliphatic carbocycles. The summed E-state index contributed by atoms with van der Waals surface area (Å²) in [6.45, 7) is 5.95. The van der Waals surface area contributed by atoms with Gasteiger partial charge in [0.2, 0.25) is 0 Å². The second kappa shape index (κ2) is 8.22. The Morgan fingerprint density at radius 3 is 2.64 bits per heavy atom. The molecule has 120 valence electrons. The van der Waals surface area contributed by atoms with Gasteiger partial charge in [0.1, 0.15) is 5.60 Å². The van der Waals surface area contributed by atoms with Gasteiger partial charge in [-0.3, -0.25) is 0 Å². The second-order valence-corrected chi connectivity index (χ2v) is 5.78. The largest absolute Gasteiger partial charge is 0.466 e. The normalized spacial score (nSPS) is 11.3. The third-order valence-corrected chi connectivity index (χ3v) is 2.65. The van der Waals surface area contributed by atoms with Gasteiger partial charge in [-0.25, -0.2) is 9.59 Å². The summed E-state index contributed by atoms with van der Waals surface area (Å²) < 4.78 is 9.71. The van der Waals surface area contributed by atoms with Gasteiger partial charge in [-0.15, -0.1) is 0 Å². The zero-order valence-corrected chi connectivity index (χ0v) is 13.5. The molecule has 0 aliphatic heterocycles. The molecule has 5 nitrogen and oxygen atoms in total. The van der Waals surface area contributed by atoms with E-state index in [1.807, 2.05) is 45.0 Å². The third kappa shape index (κ3) is 7.47. The lowest BCUT2D eigenvalue weighted by Crippen LogP contribution is -2.33. The third-order valence-electron chi connectivity index (χ3n) is 2.65. The van der Waals surface area contributed by atoms with Crippen LogP contribution < -0.4 is 5.32 Å². The Kier molecular flexibility index (Phi) is 6.63. The van der Waals surface area contributed by atoms with Crippen LogP contribution in [0.2, 0.25) is 0 Å². The first-order valence-corrected chi connectivity index (χ1v) is 7.12. The molecule has 5 heteroatoms. The lowest BCUT2D eigenvalue weighted by Gasteiger charge is -2.19. The molecule has 1 aromatic rings. The lowest BCUT2D eigenvalue weighted by molar-refractivity contribution is -0.134. The van der Waals surface area contributed by atoms with E-state index in [0.717, 1.165) is 11.1 Å². The number of alkyl carbamates (subject to hydrolysis) is 1. The molecule has 1 rings (SSSR count). The molecular weight excluding hydrogens is 282 g/mol. The number of esters is 1. The highest BCUT2D eigenvalue weighted by Crippen LogP contribution is 2.09. The molecular formula is C17H23NO4. The number of amides is 1. The molecule has 0 bridgehead atoms. The summed E-state index contributed by atoms with van der Waals surface area (Å²) in [7, 11) is 1.34. The summed E-state index contributed by atoms with van der Waals surface area (Å²) in [5, 5.41) is 2.71. The highest BCUT2D eigenvalue weighted by atomic mass is 16.6. The van der Waals surface area contributed by atoms with E-state index in [0.29, 0.717) is 13.0 Å². The number of methoxy groups -OCH3 is 1. The fraction of sp³-hybridized carbons (Fsp3) is 0.412. The molecule has 0 saturated heterocycles. The Bertz CT molecular complexity index is 544. The summed E-state index contributed by atoms with van der Waals surface area (Å²) in [5.74, 6) is -0.392. The number of benzene rings is 1. The maximum absolute atomic E-state index is 11.5. The van der Waals surface area contributed by atoms with Gasteiger partial charge in [0.05, 0.1) is 7.11 Å². The van der Waals surface area contributed by atoms with Crippen molar-refractivity contribution in [3.05, 3.63) is 41.5 Å². The van der Waals surface area contributed by atoms with Crippen molar-refractivity contribution < 1.29 is 19.1 Å². The molecule has 0 aliphatic rings. The standard InChI is InChI=1S/C17H23NO4/c1-17(2,3)22-16(20)18-11-10-14-7-5-6-13(12-14)8-9-15(19)21-4/h5-9,12H,10-11H2,1-4H3,(H,18,20)/b9-8+. The maximum Gasteiger partial charge on any atom is 0.407 e. The quantitative estimate of drug-likeness (QED) is 0.671. The Labute approximate surface area is 131 Å². The van der Waals surface area contributed by atoms with E-state index < -0.39 is 17.7 Å². The Morgan fingerprint density at radius 2 is 2.00 bits per heavy atom. The van der Waals surface area contributed by atoms with Crippen molar-refractivity contribution in [3.8, 4) is 0 Å². The molecule has 1 amide bonds. The predicted octanol–water partition coefficient (Wildman–Crippen LogP) is 2.94. The SMILES string of the molecule is COC(=O)/C=C/c1cccc(CCNC(=O)OC(C)(C)C)c1. The lowest BCUT2D eigenvalue weighted by atomic mass is 10.1. The van der Waals surface area contributed by atoms with Crippen LogP contribution in [-0.4, -0.2) is 31.3 Å². The van der Waals surface area contributed by atoms with Gasteiger partial charge in [0, 0.05) is 12.6 Å². The van der Waals surface area contributed by atoms with Crippen LogP contribution >= 0.6 is 0 Å². The van der Waals surface area contributed by atoms with Crippen molar-refractivity contribution in [2.45, 2.75) is 32.8 Å². The molecule has 0 atom stereocenters. The van der Waals surface area contributed by atoms with Crippen LogP contribution in [-0.2, 0) is 20.7 Å². The molecule has 0 unspecified atom stereocenters. The van der Waals surface area contributed by atoms with Crippen molar-refractivity contribution in [2.75, 3.05) is 13.7 Å². The van der Waals surface area contributed by atoms with Crippen LogP contribution in [0, 0.1) is 0 Å². The minimum Gasteiger partial charge on any atom is -0.466 e. The first-order valence-electron chi connectivity index (χ1n) is 7.12. The summed E-state index contributed by atoms with van der Waals surface area (Å²) in [6, 6.07) is 7.71.